The molecule has 5 heteroatoms. The van der Waals surface area contributed by atoms with Gasteiger partial charge in [-0.15, -0.1) is 0 Å². The second kappa shape index (κ2) is 5.17. The highest BCUT2D eigenvalue weighted by molar-refractivity contribution is 7.71. The van der Waals surface area contributed by atoms with Crippen molar-refractivity contribution >= 4 is 46.3 Å². The maximum atomic E-state index is 6.20. The van der Waals surface area contributed by atoms with Gasteiger partial charge in [0.2, 0.25) is 0 Å². The molecule has 0 fully saturated rings. The van der Waals surface area contributed by atoms with E-state index >= 15 is 0 Å². The number of aromatic nitrogens is 2. The molecule has 0 saturated heterocycles. The van der Waals surface area contributed by atoms with Crippen LogP contribution >= 0.6 is 35.4 Å². The van der Waals surface area contributed by atoms with E-state index in [1.54, 1.807) is 12.1 Å². The lowest BCUT2D eigenvalue weighted by Crippen LogP contribution is -2.05. The molecular formula is C15H10Cl2N2S. The fourth-order valence-corrected chi connectivity index (χ4v) is 3.13. The summed E-state index contributed by atoms with van der Waals surface area (Å²) in [5, 5.41) is 1.85. The number of hydrogen-bond donors (Lipinski definition) is 0. The highest BCUT2D eigenvalue weighted by Gasteiger charge is 2.10. The summed E-state index contributed by atoms with van der Waals surface area (Å²) in [4.78, 5) is 4.56. The van der Waals surface area contributed by atoms with Crippen LogP contribution in [0.3, 0.4) is 0 Å². The van der Waals surface area contributed by atoms with Crippen molar-refractivity contribution in [1.29, 1.82) is 0 Å². The summed E-state index contributed by atoms with van der Waals surface area (Å²) in [7, 11) is 0. The van der Waals surface area contributed by atoms with Crippen molar-refractivity contribution in [3.8, 4) is 5.69 Å². The minimum Gasteiger partial charge on any atom is -0.289 e. The minimum absolute atomic E-state index is 0.516. The van der Waals surface area contributed by atoms with Gasteiger partial charge in [0.25, 0.3) is 0 Å². The molecular weight excluding hydrogens is 311 g/mol. The number of fused-ring (bicyclic) bond motifs is 1. The van der Waals surface area contributed by atoms with Crippen molar-refractivity contribution in [1.82, 2.24) is 9.55 Å². The predicted octanol–water partition coefficient (Wildman–Crippen LogP) is 5.37. The Morgan fingerprint density at radius 3 is 2.50 bits per heavy atom. The maximum Gasteiger partial charge on any atom is 0.121 e. The van der Waals surface area contributed by atoms with Crippen LogP contribution in [-0.4, -0.2) is 9.55 Å². The third-order valence-electron chi connectivity index (χ3n) is 3.07. The first kappa shape index (κ1) is 13.6. The van der Waals surface area contributed by atoms with Crippen molar-refractivity contribution in [3.63, 3.8) is 0 Å². The number of rotatable bonds is 1. The van der Waals surface area contributed by atoms with Gasteiger partial charge in [0, 0.05) is 16.1 Å². The van der Waals surface area contributed by atoms with E-state index in [0.717, 1.165) is 16.9 Å². The van der Waals surface area contributed by atoms with Crippen LogP contribution in [0.2, 0.25) is 10.0 Å². The van der Waals surface area contributed by atoms with Gasteiger partial charge in [-0.1, -0.05) is 53.6 Å². The van der Waals surface area contributed by atoms with Crippen LogP contribution in [-0.2, 0) is 0 Å². The monoisotopic (exact) mass is 320 g/mol. The highest BCUT2D eigenvalue weighted by atomic mass is 35.5. The predicted molar refractivity (Wildman–Crippen MR) is 86.7 cm³/mol. The van der Waals surface area contributed by atoms with Gasteiger partial charge in [-0.05, 0) is 31.2 Å². The summed E-state index contributed by atoms with van der Waals surface area (Å²) < 4.78 is 2.58. The summed E-state index contributed by atoms with van der Waals surface area (Å²) in [5.41, 5.74) is 1.66. The van der Waals surface area contributed by atoms with E-state index in [1.165, 1.54) is 0 Å². The molecule has 0 aliphatic rings. The van der Waals surface area contributed by atoms with E-state index in [0.29, 0.717) is 20.2 Å². The van der Waals surface area contributed by atoms with Gasteiger partial charge in [0.05, 0.1) is 10.5 Å². The fourth-order valence-electron chi connectivity index (χ4n) is 2.20. The molecule has 2 nitrogen and oxygen atoms in total. The Hall–Kier alpha value is -1.42. The Morgan fingerprint density at radius 1 is 1.10 bits per heavy atom. The largest absolute Gasteiger partial charge is 0.289 e. The smallest absolute Gasteiger partial charge is 0.121 e. The molecule has 0 aliphatic heterocycles. The fraction of sp³-hybridized carbons (Fsp3) is 0.0667. The van der Waals surface area contributed by atoms with Crippen LogP contribution in [0.15, 0.2) is 42.5 Å². The van der Waals surface area contributed by atoms with Crippen molar-refractivity contribution in [2.45, 2.75) is 6.92 Å². The number of halogens is 2. The van der Waals surface area contributed by atoms with Gasteiger partial charge in [-0.3, -0.25) is 4.57 Å². The first-order valence-electron chi connectivity index (χ1n) is 6.02. The van der Waals surface area contributed by atoms with Crippen LogP contribution in [0.4, 0.5) is 0 Å². The summed E-state index contributed by atoms with van der Waals surface area (Å²) >= 11 is 17.9. The van der Waals surface area contributed by atoms with Gasteiger partial charge in [-0.25, -0.2) is 4.98 Å². The summed E-state index contributed by atoms with van der Waals surface area (Å²) in [6.07, 6.45) is 0. The van der Waals surface area contributed by atoms with Crippen LogP contribution in [0, 0.1) is 11.6 Å². The Labute approximate surface area is 131 Å². The molecule has 0 amide bonds. The first-order chi connectivity index (χ1) is 9.58. The number of hydrogen-bond acceptors (Lipinski definition) is 2. The van der Waals surface area contributed by atoms with Crippen molar-refractivity contribution in [2.24, 2.45) is 0 Å². The van der Waals surface area contributed by atoms with E-state index in [9.17, 15) is 0 Å². The molecule has 2 aromatic carbocycles. The Bertz CT molecular complexity index is 857. The van der Waals surface area contributed by atoms with Crippen LogP contribution < -0.4 is 0 Å². The van der Waals surface area contributed by atoms with Crippen molar-refractivity contribution in [2.75, 3.05) is 0 Å². The lowest BCUT2D eigenvalue weighted by molar-refractivity contribution is 0.917. The lowest BCUT2D eigenvalue weighted by atomic mass is 10.2. The van der Waals surface area contributed by atoms with Crippen LogP contribution in [0.5, 0.6) is 0 Å². The number of benzene rings is 2. The molecule has 0 radical (unpaired) electrons. The molecule has 1 aromatic heterocycles. The van der Waals surface area contributed by atoms with Crippen molar-refractivity contribution < 1.29 is 0 Å². The second-order valence-electron chi connectivity index (χ2n) is 4.42. The molecule has 20 heavy (non-hydrogen) atoms. The second-order valence-corrected chi connectivity index (χ2v) is 5.65. The molecule has 0 spiro atoms. The molecule has 0 atom stereocenters. The zero-order chi connectivity index (χ0) is 14.3. The summed E-state index contributed by atoms with van der Waals surface area (Å²) in [5.74, 6) is 0.790. The third-order valence-corrected chi connectivity index (χ3v) is 3.98. The van der Waals surface area contributed by atoms with E-state index in [1.807, 2.05) is 41.8 Å². The molecule has 3 rings (SSSR count). The topological polar surface area (TPSA) is 17.8 Å². The summed E-state index contributed by atoms with van der Waals surface area (Å²) in [6, 6.07) is 13.4. The SMILES string of the molecule is Cc1nc2c(Cl)cc(Cl)cc2c(=S)n1-c1ccccc1. The highest BCUT2D eigenvalue weighted by Crippen LogP contribution is 2.28. The Kier molecular flexibility index (Phi) is 3.50. The molecule has 3 aromatic rings. The minimum atomic E-state index is 0.516. The third kappa shape index (κ3) is 2.22. The molecule has 1 heterocycles. The van der Waals surface area contributed by atoms with Crippen LogP contribution in [0.1, 0.15) is 5.82 Å². The van der Waals surface area contributed by atoms with E-state index in [4.69, 9.17) is 35.4 Å². The molecule has 0 unspecified atom stereocenters. The zero-order valence-corrected chi connectivity index (χ0v) is 12.9. The normalized spacial score (nSPS) is 10.9. The molecule has 0 aliphatic carbocycles. The molecule has 0 saturated carbocycles. The maximum absolute atomic E-state index is 6.20. The van der Waals surface area contributed by atoms with Gasteiger partial charge in [0.15, 0.2) is 0 Å². The number of aryl methyl sites for hydroxylation is 1. The van der Waals surface area contributed by atoms with Gasteiger partial charge in [0.1, 0.15) is 10.5 Å². The molecule has 100 valence electrons. The van der Waals surface area contributed by atoms with Crippen molar-refractivity contribution in [3.05, 3.63) is 63.0 Å². The molecule has 0 bridgehead atoms. The van der Waals surface area contributed by atoms with E-state index in [2.05, 4.69) is 4.98 Å². The van der Waals surface area contributed by atoms with E-state index in [-0.39, 0.29) is 0 Å². The zero-order valence-electron chi connectivity index (χ0n) is 10.6. The average molecular weight is 321 g/mol. The molecule has 0 N–H and O–H groups in total. The van der Waals surface area contributed by atoms with Gasteiger partial charge < -0.3 is 0 Å². The van der Waals surface area contributed by atoms with E-state index < -0.39 is 0 Å². The van der Waals surface area contributed by atoms with Crippen LogP contribution in [0.25, 0.3) is 16.6 Å². The Balaban J connectivity index is 2.44. The van der Waals surface area contributed by atoms with Gasteiger partial charge in [-0.2, -0.15) is 0 Å². The van der Waals surface area contributed by atoms with Gasteiger partial charge >= 0.3 is 0 Å². The quantitative estimate of drug-likeness (QED) is 0.561. The number of nitrogens with zero attached hydrogens (tertiary/aromatic N) is 2. The lowest BCUT2D eigenvalue weighted by Gasteiger charge is -2.13. The first-order valence-corrected chi connectivity index (χ1v) is 7.18. The Morgan fingerprint density at radius 2 is 1.80 bits per heavy atom. The standard InChI is InChI=1S/C15H10Cl2N2S/c1-9-18-14-12(7-10(16)8-13(14)17)15(20)19(9)11-5-3-2-4-6-11/h2-8H,1H3. The number of para-hydroxylation sites is 1. The average Bonchev–Trinajstić information content (AvgIpc) is 2.42. The summed E-state index contributed by atoms with van der Waals surface area (Å²) in [6.45, 7) is 1.91.